The molecule has 3 heterocycles. The number of piperidine rings is 1. The van der Waals surface area contributed by atoms with E-state index in [0.717, 1.165) is 31.9 Å². The summed E-state index contributed by atoms with van der Waals surface area (Å²) in [6.07, 6.45) is 1.22. The van der Waals surface area contributed by atoms with Crippen molar-refractivity contribution in [2.75, 3.05) is 36.5 Å². The minimum Gasteiger partial charge on any atom is -0.375 e. The topological polar surface area (TPSA) is 36.5 Å². The van der Waals surface area contributed by atoms with Crippen LogP contribution in [0.4, 0.5) is 17.1 Å². The lowest BCUT2D eigenvalue weighted by molar-refractivity contribution is 0.130. The van der Waals surface area contributed by atoms with Gasteiger partial charge in [-0.25, -0.2) is 0 Å². The Bertz CT molecular complexity index is 848. The summed E-state index contributed by atoms with van der Waals surface area (Å²) in [6.45, 7) is 9.09. The summed E-state index contributed by atoms with van der Waals surface area (Å²) >= 11 is 0. The van der Waals surface area contributed by atoms with Gasteiger partial charge >= 0.3 is 0 Å². The van der Waals surface area contributed by atoms with Crippen LogP contribution in [0.3, 0.4) is 0 Å². The molecule has 0 radical (unpaired) electrons. The fourth-order valence-corrected chi connectivity index (χ4v) is 4.84. The highest BCUT2D eigenvalue weighted by Crippen LogP contribution is 2.47. The quantitative estimate of drug-likeness (QED) is 0.864. The van der Waals surface area contributed by atoms with Crippen molar-refractivity contribution in [3.05, 3.63) is 52.6 Å². The lowest BCUT2D eigenvalue weighted by Gasteiger charge is -2.33. The molecule has 2 aromatic rings. The van der Waals surface area contributed by atoms with Gasteiger partial charge in [0.2, 0.25) is 0 Å². The van der Waals surface area contributed by atoms with Crippen molar-refractivity contribution in [1.82, 2.24) is 5.32 Å². The van der Waals surface area contributed by atoms with E-state index in [1.807, 2.05) is 0 Å². The lowest BCUT2D eigenvalue weighted by Crippen LogP contribution is -2.44. The van der Waals surface area contributed by atoms with Crippen molar-refractivity contribution in [3.63, 3.8) is 0 Å². The van der Waals surface area contributed by atoms with Crippen LogP contribution >= 0.6 is 0 Å². The standard InChI is InChI=1S/C22H27N3O/c1-14-3-4-17(9-15(14)2)24-18-10-16-13-26-8-7-25-21-5-6-23-12-20(21)19(11-18)22(16)25/h3-4,9-11,20-21,23-24H,5-8,12-13H2,1-2H3/t20-,21-/m0/s1. The summed E-state index contributed by atoms with van der Waals surface area (Å²) in [7, 11) is 0. The van der Waals surface area contributed by atoms with Crippen molar-refractivity contribution in [1.29, 1.82) is 0 Å². The number of ether oxygens (including phenoxy) is 1. The van der Waals surface area contributed by atoms with Crippen LogP contribution in [-0.2, 0) is 11.3 Å². The van der Waals surface area contributed by atoms with Gasteiger partial charge in [-0.1, -0.05) is 6.07 Å². The Balaban J connectivity index is 1.55. The van der Waals surface area contributed by atoms with Crippen LogP contribution in [-0.4, -0.2) is 32.3 Å². The van der Waals surface area contributed by atoms with E-state index >= 15 is 0 Å². The Kier molecular flexibility index (Phi) is 3.91. The summed E-state index contributed by atoms with van der Waals surface area (Å²) in [5.74, 6) is 0.595. The highest BCUT2D eigenvalue weighted by atomic mass is 16.5. The van der Waals surface area contributed by atoms with Crippen LogP contribution in [0.2, 0.25) is 0 Å². The Morgan fingerprint density at radius 3 is 2.92 bits per heavy atom. The van der Waals surface area contributed by atoms with Gasteiger partial charge in [0.15, 0.2) is 0 Å². The first-order valence-electron chi connectivity index (χ1n) is 9.77. The van der Waals surface area contributed by atoms with Gasteiger partial charge in [0.1, 0.15) is 0 Å². The minimum atomic E-state index is 0.595. The zero-order valence-electron chi connectivity index (χ0n) is 15.6. The van der Waals surface area contributed by atoms with E-state index in [4.69, 9.17) is 4.74 Å². The monoisotopic (exact) mass is 349 g/mol. The van der Waals surface area contributed by atoms with Gasteiger partial charge in [-0.15, -0.1) is 0 Å². The van der Waals surface area contributed by atoms with Gasteiger partial charge in [0.05, 0.1) is 13.2 Å². The Morgan fingerprint density at radius 2 is 2.04 bits per heavy atom. The summed E-state index contributed by atoms with van der Waals surface area (Å²) in [5.41, 5.74) is 9.27. The van der Waals surface area contributed by atoms with E-state index in [9.17, 15) is 0 Å². The van der Waals surface area contributed by atoms with E-state index < -0.39 is 0 Å². The number of benzene rings is 2. The Labute approximate surface area is 155 Å². The van der Waals surface area contributed by atoms with E-state index in [0.29, 0.717) is 18.6 Å². The molecule has 5 rings (SSSR count). The first-order chi connectivity index (χ1) is 12.7. The number of aryl methyl sites for hydroxylation is 2. The maximum atomic E-state index is 5.91. The first kappa shape index (κ1) is 16.2. The molecule has 0 aromatic heterocycles. The van der Waals surface area contributed by atoms with Crippen LogP contribution in [0.25, 0.3) is 0 Å². The number of nitrogens with one attached hydrogen (secondary N) is 2. The summed E-state index contributed by atoms with van der Waals surface area (Å²) in [5, 5.41) is 7.24. The molecule has 4 heteroatoms. The third-order valence-corrected chi connectivity index (χ3v) is 6.28. The summed E-state index contributed by atoms with van der Waals surface area (Å²) in [6, 6.07) is 11.9. The van der Waals surface area contributed by atoms with E-state index in [2.05, 4.69) is 59.7 Å². The molecule has 0 saturated carbocycles. The largest absolute Gasteiger partial charge is 0.375 e. The van der Waals surface area contributed by atoms with Crippen molar-refractivity contribution < 1.29 is 4.74 Å². The average molecular weight is 349 g/mol. The fourth-order valence-electron chi connectivity index (χ4n) is 4.84. The van der Waals surface area contributed by atoms with E-state index in [1.165, 1.54) is 40.0 Å². The number of hydrogen-bond acceptors (Lipinski definition) is 4. The molecule has 2 atom stereocenters. The second-order valence-electron chi connectivity index (χ2n) is 7.91. The van der Waals surface area contributed by atoms with Crippen molar-refractivity contribution >= 4 is 17.1 Å². The number of anilines is 3. The third kappa shape index (κ3) is 2.60. The maximum Gasteiger partial charge on any atom is 0.0738 e. The molecule has 0 amide bonds. The lowest BCUT2D eigenvalue weighted by atomic mass is 9.89. The van der Waals surface area contributed by atoms with Crippen LogP contribution < -0.4 is 15.5 Å². The van der Waals surface area contributed by atoms with Crippen LogP contribution in [0, 0.1) is 13.8 Å². The highest BCUT2D eigenvalue weighted by molar-refractivity contribution is 5.74. The predicted octanol–water partition coefficient (Wildman–Crippen LogP) is 3.84. The zero-order chi connectivity index (χ0) is 17.7. The molecule has 0 unspecified atom stereocenters. The smallest absolute Gasteiger partial charge is 0.0738 e. The number of nitrogens with zero attached hydrogens (tertiary/aromatic N) is 1. The molecule has 0 aliphatic carbocycles. The molecular weight excluding hydrogens is 322 g/mol. The molecule has 1 fully saturated rings. The predicted molar refractivity (Wildman–Crippen MR) is 107 cm³/mol. The molecule has 0 bridgehead atoms. The molecule has 2 aromatic carbocycles. The van der Waals surface area contributed by atoms with Gasteiger partial charge < -0.3 is 20.3 Å². The van der Waals surface area contributed by atoms with Crippen LogP contribution in [0.15, 0.2) is 30.3 Å². The van der Waals surface area contributed by atoms with Gasteiger partial charge in [-0.3, -0.25) is 0 Å². The van der Waals surface area contributed by atoms with E-state index in [1.54, 1.807) is 0 Å². The van der Waals surface area contributed by atoms with Crippen LogP contribution in [0.1, 0.15) is 34.6 Å². The number of fused-ring (bicyclic) bond motifs is 3. The number of hydrogen-bond donors (Lipinski definition) is 2. The first-order valence-corrected chi connectivity index (χ1v) is 9.77. The van der Waals surface area contributed by atoms with Crippen molar-refractivity contribution in [3.8, 4) is 0 Å². The molecule has 4 nitrogen and oxygen atoms in total. The second-order valence-corrected chi connectivity index (χ2v) is 7.91. The van der Waals surface area contributed by atoms with Crippen molar-refractivity contribution in [2.24, 2.45) is 0 Å². The van der Waals surface area contributed by atoms with E-state index in [-0.39, 0.29) is 0 Å². The second kappa shape index (κ2) is 6.29. The molecule has 1 saturated heterocycles. The zero-order valence-corrected chi connectivity index (χ0v) is 15.6. The normalized spacial score (nSPS) is 24.0. The third-order valence-electron chi connectivity index (χ3n) is 6.28. The van der Waals surface area contributed by atoms with Gasteiger partial charge in [-0.2, -0.15) is 0 Å². The maximum absolute atomic E-state index is 5.91. The van der Waals surface area contributed by atoms with Gasteiger partial charge in [-0.05, 0) is 67.8 Å². The molecule has 136 valence electrons. The average Bonchev–Trinajstić information content (AvgIpc) is 2.81. The van der Waals surface area contributed by atoms with Gasteiger partial charge in [0, 0.05) is 47.7 Å². The number of rotatable bonds is 2. The summed E-state index contributed by atoms with van der Waals surface area (Å²) in [4.78, 5) is 2.63. The fraction of sp³-hybridized carbons (Fsp3) is 0.455. The highest BCUT2D eigenvalue weighted by Gasteiger charge is 2.41. The van der Waals surface area contributed by atoms with Crippen molar-refractivity contribution in [2.45, 2.75) is 38.8 Å². The molecule has 0 spiro atoms. The Morgan fingerprint density at radius 1 is 1.12 bits per heavy atom. The van der Waals surface area contributed by atoms with Gasteiger partial charge in [0.25, 0.3) is 0 Å². The molecule has 3 aliphatic rings. The molecule has 2 N–H and O–H groups in total. The minimum absolute atomic E-state index is 0.595. The summed E-state index contributed by atoms with van der Waals surface area (Å²) < 4.78 is 5.91. The molecular formula is C22H27N3O. The molecule has 3 aliphatic heterocycles. The SMILES string of the molecule is Cc1ccc(Nc2cc3c4c(c2)[C@@H]2CNCC[C@@H]2N4CCOC3)cc1C. The van der Waals surface area contributed by atoms with Crippen LogP contribution in [0.5, 0.6) is 0 Å². The molecule has 26 heavy (non-hydrogen) atoms. The Hall–Kier alpha value is -2.04.